The first-order valence-electron chi connectivity index (χ1n) is 11.4. The standard InChI is InChI=1S/C25H22F3N7O2/c1-33(2)8-9-34-20-10-18(15-4-3-7-29-12-15)19(26)11-21(20)35(25(34)36)14-17-6-5-16(13-30-17)23-31-32-24(37-23)22(27)28/h3-7,10-13,22H,8-9,14H2,1-2H3. The predicted molar refractivity (Wildman–Crippen MR) is 130 cm³/mol. The van der Waals surface area contributed by atoms with Gasteiger partial charge in [0.15, 0.2) is 0 Å². The number of fused-ring (bicyclic) bond motifs is 1. The first-order chi connectivity index (χ1) is 17.8. The van der Waals surface area contributed by atoms with Gasteiger partial charge in [-0.05, 0) is 38.4 Å². The van der Waals surface area contributed by atoms with Crippen LogP contribution in [0.15, 0.2) is 64.2 Å². The van der Waals surface area contributed by atoms with Crippen LogP contribution in [0.4, 0.5) is 13.2 Å². The van der Waals surface area contributed by atoms with Gasteiger partial charge in [0.25, 0.3) is 5.89 Å². The number of alkyl halides is 2. The third-order valence-corrected chi connectivity index (χ3v) is 5.87. The van der Waals surface area contributed by atoms with Crippen molar-refractivity contribution in [3.63, 3.8) is 0 Å². The van der Waals surface area contributed by atoms with E-state index in [9.17, 15) is 13.6 Å². The summed E-state index contributed by atoms with van der Waals surface area (Å²) in [5.41, 5.74) is 2.53. The average molecular weight is 509 g/mol. The summed E-state index contributed by atoms with van der Waals surface area (Å²) in [4.78, 5) is 23.8. The van der Waals surface area contributed by atoms with E-state index in [-0.39, 0.29) is 18.1 Å². The van der Waals surface area contributed by atoms with E-state index in [1.165, 1.54) is 16.8 Å². The van der Waals surface area contributed by atoms with E-state index in [0.29, 0.717) is 46.5 Å². The molecule has 5 rings (SSSR count). The van der Waals surface area contributed by atoms with Crippen LogP contribution in [-0.2, 0) is 13.1 Å². The van der Waals surface area contributed by atoms with E-state index in [1.54, 1.807) is 47.3 Å². The zero-order valence-electron chi connectivity index (χ0n) is 20.0. The zero-order valence-corrected chi connectivity index (χ0v) is 20.0. The van der Waals surface area contributed by atoms with Crippen molar-refractivity contribution in [1.29, 1.82) is 0 Å². The third kappa shape index (κ3) is 4.87. The smallest absolute Gasteiger partial charge is 0.329 e. The highest BCUT2D eigenvalue weighted by atomic mass is 19.3. The van der Waals surface area contributed by atoms with Gasteiger partial charge in [0.1, 0.15) is 5.82 Å². The Morgan fingerprint density at radius 2 is 1.84 bits per heavy atom. The van der Waals surface area contributed by atoms with Crippen molar-refractivity contribution in [2.75, 3.05) is 20.6 Å². The van der Waals surface area contributed by atoms with Crippen LogP contribution in [0, 0.1) is 5.82 Å². The lowest BCUT2D eigenvalue weighted by atomic mass is 10.1. The lowest BCUT2D eigenvalue weighted by Gasteiger charge is -2.10. The minimum atomic E-state index is -2.87. The molecule has 9 nitrogen and oxygen atoms in total. The molecular weight excluding hydrogens is 487 g/mol. The normalized spacial score (nSPS) is 11.8. The number of imidazole rings is 1. The van der Waals surface area contributed by atoms with Gasteiger partial charge in [0.05, 0.1) is 28.8 Å². The molecule has 0 unspecified atom stereocenters. The summed E-state index contributed by atoms with van der Waals surface area (Å²) in [6.45, 7) is 1.09. The van der Waals surface area contributed by atoms with Crippen molar-refractivity contribution in [2.24, 2.45) is 0 Å². The van der Waals surface area contributed by atoms with Gasteiger partial charge < -0.3 is 9.32 Å². The molecule has 0 radical (unpaired) electrons. The predicted octanol–water partition coefficient (Wildman–Crippen LogP) is 4.00. The Kier molecular flexibility index (Phi) is 6.57. The lowest BCUT2D eigenvalue weighted by molar-refractivity contribution is 0.116. The Bertz CT molecular complexity index is 1590. The Morgan fingerprint density at radius 3 is 2.49 bits per heavy atom. The number of nitrogens with zero attached hydrogens (tertiary/aromatic N) is 7. The summed E-state index contributed by atoms with van der Waals surface area (Å²) in [5.74, 6) is -1.34. The fourth-order valence-corrected chi connectivity index (χ4v) is 3.99. The summed E-state index contributed by atoms with van der Waals surface area (Å²) in [6, 6.07) is 9.71. The summed E-state index contributed by atoms with van der Waals surface area (Å²) in [6.07, 6.45) is 1.71. The molecule has 37 heavy (non-hydrogen) atoms. The maximum Gasteiger partial charge on any atom is 0.329 e. The van der Waals surface area contributed by atoms with Crippen molar-refractivity contribution >= 4 is 11.0 Å². The highest BCUT2D eigenvalue weighted by molar-refractivity contribution is 5.83. The fraction of sp³-hybridized carbons (Fsp3) is 0.240. The number of halogens is 3. The van der Waals surface area contributed by atoms with E-state index >= 15 is 4.39 Å². The van der Waals surface area contributed by atoms with Crippen LogP contribution in [-0.4, -0.2) is 54.8 Å². The second-order valence-corrected chi connectivity index (χ2v) is 8.67. The number of rotatable bonds is 8. The van der Waals surface area contributed by atoms with Gasteiger partial charge in [-0.15, -0.1) is 10.2 Å². The zero-order chi connectivity index (χ0) is 26.1. The van der Waals surface area contributed by atoms with Gasteiger partial charge >= 0.3 is 12.1 Å². The summed E-state index contributed by atoms with van der Waals surface area (Å²) in [5, 5.41) is 6.92. The molecule has 4 aromatic heterocycles. The Morgan fingerprint density at radius 1 is 1.03 bits per heavy atom. The fourth-order valence-electron chi connectivity index (χ4n) is 3.99. The minimum Gasteiger partial charge on any atom is -0.415 e. The van der Waals surface area contributed by atoms with Crippen LogP contribution in [0.3, 0.4) is 0 Å². The first-order valence-corrected chi connectivity index (χ1v) is 11.4. The number of aromatic nitrogens is 6. The molecule has 0 aliphatic carbocycles. The van der Waals surface area contributed by atoms with Gasteiger partial charge in [-0.3, -0.25) is 19.1 Å². The Balaban J connectivity index is 1.53. The molecule has 4 heterocycles. The van der Waals surface area contributed by atoms with E-state index in [0.717, 1.165) is 0 Å². The summed E-state index contributed by atoms with van der Waals surface area (Å²) in [7, 11) is 3.81. The molecule has 0 bridgehead atoms. The molecule has 0 fully saturated rings. The van der Waals surface area contributed by atoms with Gasteiger partial charge in [0.2, 0.25) is 5.89 Å². The van der Waals surface area contributed by atoms with Crippen LogP contribution in [0.1, 0.15) is 18.0 Å². The topological polar surface area (TPSA) is 94.9 Å². The van der Waals surface area contributed by atoms with E-state index in [4.69, 9.17) is 4.42 Å². The molecule has 0 amide bonds. The molecule has 0 atom stereocenters. The average Bonchev–Trinajstić information content (AvgIpc) is 3.47. The number of benzene rings is 1. The molecule has 190 valence electrons. The number of pyridine rings is 2. The SMILES string of the molecule is CN(C)CCn1c(=O)n(Cc2ccc(-c3nnc(C(F)F)o3)cn2)c2cc(F)c(-c3cccnc3)cc21. The molecule has 0 saturated heterocycles. The second kappa shape index (κ2) is 9.97. The monoisotopic (exact) mass is 509 g/mol. The van der Waals surface area contributed by atoms with E-state index in [2.05, 4.69) is 20.2 Å². The molecule has 0 aliphatic rings. The number of hydrogen-bond acceptors (Lipinski definition) is 7. The maximum absolute atomic E-state index is 15.2. The molecule has 0 spiro atoms. The van der Waals surface area contributed by atoms with Crippen LogP contribution in [0.25, 0.3) is 33.6 Å². The molecular formula is C25H22F3N7O2. The van der Waals surface area contributed by atoms with Gasteiger partial charge in [-0.25, -0.2) is 9.18 Å². The van der Waals surface area contributed by atoms with Crippen molar-refractivity contribution in [2.45, 2.75) is 19.5 Å². The van der Waals surface area contributed by atoms with Crippen molar-refractivity contribution in [3.8, 4) is 22.6 Å². The Labute approximate surface area is 208 Å². The summed E-state index contributed by atoms with van der Waals surface area (Å²) >= 11 is 0. The number of likely N-dealkylation sites (N-methyl/N-ethyl adjacent to an activating group) is 1. The number of hydrogen-bond donors (Lipinski definition) is 0. The van der Waals surface area contributed by atoms with Crippen molar-refractivity contribution < 1.29 is 17.6 Å². The largest absolute Gasteiger partial charge is 0.415 e. The molecule has 0 N–H and O–H groups in total. The maximum atomic E-state index is 15.2. The molecule has 1 aromatic carbocycles. The van der Waals surface area contributed by atoms with Gasteiger partial charge in [-0.1, -0.05) is 6.07 Å². The van der Waals surface area contributed by atoms with Crippen molar-refractivity contribution in [1.82, 2.24) is 34.2 Å². The molecule has 12 heteroatoms. The summed E-state index contributed by atoms with van der Waals surface area (Å²) < 4.78 is 48.7. The quantitative estimate of drug-likeness (QED) is 0.312. The second-order valence-electron chi connectivity index (χ2n) is 8.67. The van der Waals surface area contributed by atoms with Gasteiger partial charge in [-0.2, -0.15) is 8.78 Å². The Hall–Kier alpha value is -4.32. The van der Waals surface area contributed by atoms with E-state index < -0.39 is 18.1 Å². The highest BCUT2D eigenvalue weighted by Crippen LogP contribution is 2.28. The van der Waals surface area contributed by atoms with Crippen LogP contribution >= 0.6 is 0 Å². The third-order valence-electron chi connectivity index (χ3n) is 5.87. The van der Waals surface area contributed by atoms with E-state index in [1.807, 2.05) is 19.0 Å². The van der Waals surface area contributed by atoms with Crippen LogP contribution in [0.2, 0.25) is 0 Å². The minimum absolute atomic E-state index is 0.0718. The van der Waals surface area contributed by atoms with Crippen LogP contribution < -0.4 is 5.69 Å². The van der Waals surface area contributed by atoms with Crippen molar-refractivity contribution in [3.05, 3.63) is 82.9 Å². The molecule has 0 aliphatic heterocycles. The first kappa shape index (κ1) is 24.4. The van der Waals surface area contributed by atoms with Crippen LogP contribution in [0.5, 0.6) is 0 Å². The molecule has 5 aromatic rings. The highest BCUT2D eigenvalue weighted by Gasteiger charge is 2.19. The lowest BCUT2D eigenvalue weighted by Crippen LogP contribution is -2.28. The van der Waals surface area contributed by atoms with Gasteiger partial charge in [0, 0.05) is 48.9 Å². The molecule has 0 saturated carbocycles.